The van der Waals surface area contributed by atoms with Gasteiger partial charge in [-0.25, -0.2) is 32.1 Å². The first kappa shape index (κ1) is 18.0. The summed E-state index contributed by atoms with van der Waals surface area (Å²) in [5, 5.41) is 2.29. The van der Waals surface area contributed by atoms with Gasteiger partial charge in [-0.15, -0.1) is 0 Å². The summed E-state index contributed by atoms with van der Waals surface area (Å²) >= 11 is 0.225. The van der Waals surface area contributed by atoms with Crippen molar-refractivity contribution in [3.05, 3.63) is 40.6 Å². The first-order valence-corrected chi connectivity index (χ1v) is 9.16. The summed E-state index contributed by atoms with van der Waals surface area (Å²) in [6.45, 7) is 5.04. The number of hydrogen-bond acceptors (Lipinski definition) is 6. The molecule has 1 aliphatic rings. The number of amides is 2. The van der Waals surface area contributed by atoms with Crippen LogP contribution >= 0.6 is 0 Å². The van der Waals surface area contributed by atoms with Crippen LogP contribution in [0, 0.1) is 19.8 Å². The minimum Gasteiger partial charge on any atom is -0.275 e. The van der Waals surface area contributed by atoms with Crippen LogP contribution in [0.3, 0.4) is 0 Å². The number of nitrogens with one attached hydrogen (secondary N) is 2. The number of nitrogens with zero attached hydrogens (tertiary/aromatic N) is 2. The maximum absolute atomic E-state index is 12.4. The van der Waals surface area contributed by atoms with Gasteiger partial charge in [-0.3, -0.25) is 5.32 Å². The van der Waals surface area contributed by atoms with E-state index >= 15 is 0 Å². The number of urea groups is 1. The molecule has 2 amide bonds. The average molecular weight is 368 g/mol. The number of hydrogen-bond donors (Lipinski definition) is 2. The lowest BCUT2D eigenvalue weighted by Gasteiger charge is -2.18. The number of carbonyl (C=O) groups excluding carboxylic acids is 1. The summed E-state index contributed by atoms with van der Waals surface area (Å²) in [6.07, 6.45) is 4.36. The van der Waals surface area contributed by atoms with Crippen LogP contribution in [0.1, 0.15) is 18.3 Å². The Kier molecular flexibility index (Phi) is 5.30. The predicted molar refractivity (Wildman–Crippen MR) is 92.1 cm³/mol. The zero-order chi connectivity index (χ0) is 17.9. The number of aromatic nitrogens is 2. The molecule has 1 aromatic rings. The highest BCUT2D eigenvalue weighted by atomic mass is 32.2. The molecular weight excluding hydrogens is 352 g/mol. The number of rotatable bonds is 3. The molecule has 1 aromatic heterocycles. The molecule has 0 aromatic carbocycles. The van der Waals surface area contributed by atoms with E-state index in [0.29, 0.717) is 16.3 Å². The van der Waals surface area contributed by atoms with E-state index in [9.17, 15) is 17.4 Å². The minimum atomic E-state index is -4.10. The average Bonchev–Trinajstić information content (AvgIpc) is 2.45. The highest BCUT2D eigenvalue weighted by Crippen LogP contribution is 2.22. The normalized spacial score (nSPS) is 17.2. The molecule has 0 spiro atoms. The molecule has 24 heavy (non-hydrogen) atoms. The van der Waals surface area contributed by atoms with Crippen LogP contribution in [-0.2, 0) is 21.3 Å². The van der Waals surface area contributed by atoms with Gasteiger partial charge in [-0.1, -0.05) is 13.0 Å². The molecule has 0 saturated heterocycles. The van der Waals surface area contributed by atoms with E-state index in [0.717, 1.165) is 0 Å². The maximum Gasteiger partial charge on any atom is 0.335 e. The van der Waals surface area contributed by atoms with Crippen molar-refractivity contribution >= 4 is 38.1 Å². The molecule has 1 aliphatic carbocycles. The van der Waals surface area contributed by atoms with Gasteiger partial charge in [-0.05, 0) is 32.1 Å². The molecule has 0 radical (unpaired) electrons. The van der Waals surface area contributed by atoms with Crippen molar-refractivity contribution in [1.82, 2.24) is 14.7 Å². The molecule has 0 saturated carbocycles. The van der Waals surface area contributed by atoms with Crippen LogP contribution in [-0.4, -0.2) is 33.5 Å². The second-order valence-corrected chi connectivity index (χ2v) is 7.49. The second kappa shape index (κ2) is 7.05. The van der Waals surface area contributed by atoms with Gasteiger partial charge >= 0.3 is 6.03 Å². The summed E-state index contributed by atoms with van der Waals surface area (Å²) in [4.78, 5) is 20.3. The van der Waals surface area contributed by atoms with Crippen LogP contribution in [0.4, 0.5) is 10.7 Å². The Morgan fingerprint density at radius 1 is 1.25 bits per heavy atom. The van der Waals surface area contributed by atoms with Gasteiger partial charge in [0.25, 0.3) is 10.0 Å². The van der Waals surface area contributed by atoms with Crippen LogP contribution < -0.4 is 10.0 Å². The summed E-state index contributed by atoms with van der Waals surface area (Å²) in [5.74, 6) is -0.617. The summed E-state index contributed by atoms with van der Waals surface area (Å²) in [7, 11) is -4.10. The minimum absolute atomic E-state index is 0.00753. The van der Waals surface area contributed by atoms with Gasteiger partial charge in [0, 0.05) is 17.3 Å². The highest BCUT2D eigenvalue weighted by Gasteiger charge is 2.29. The molecule has 0 bridgehead atoms. The van der Waals surface area contributed by atoms with E-state index in [4.69, 9.17) is 0 Å². The zero-order valence-corrected chi connectivity index (χ0v) is 14.9. The van der Waals surface area contributed by atoms with Gasteiger partial charge in [-0.2, -0.15) is 0 Å². The van der Waals surface area contributed by atoms with Crippen molar-refractivity contribution in [2.75, 3.05) is 5.32 Å². The lowest BCUT2D eigenvalue weighted by Crippen LogP contribution is -2.38. The number of aryl methyl sites for hydroxylation is 2. The van der Waals surface area contributed by atoms with Crippen molar-refractivity contribution in [3.63, 3.8) is 0 Å². The molecule has 10 heteroatoms. The fourth-order valence-electron chi connectivity index (χ4n) is 2.18. The third kappa shape index (κ3) is 4.15. The molecule has 2 rings (SSSR count). The van der Waals surface area contributed by atoms with Gasteiger partial charge in [0.15, 0.2) is 0 Å². The van der Waals surface area contributed by atoms with E-state index in [1.54, 1.807) is 32.9 Å². The topological polar surface area (TPSA) is 118 Å². The molecule has 0 fully saturated rings. The van der Waals surface area contributed by atoms with E-state index in [-0.39, 0.29) is 22.1 Å². The van der Waals surface area contributed by atoms with Crippen LogP contribution in [0.2, 0.25) is 0 Å². The Morgan fingerprint density at radius 2 is 1.88 bits per heavy atom. The Balaban J connectivity index is 2.17. The third-order valence-electron chi connectivity index (χ3n) is 3.22. The van der Waals surface area contributed by atoms with Crippen LogP contribution in [0.15, 0.2) is 29.2 Å². The van der Waals surface area contributed by atoms with Gasteiger partial charge in [0.1, 0.15) is 0 Å². The van der Waals surface area contributed by atoms with Gasteiger partial charge < -0.3 is 0 Å². The first-order chi connectivity index (χ1) is 11.2. The van der Waals surface area contributed by atoms with Crippen LogP contribution in [0.25, 0.3) is 0 Å². The summed E-state index contributed by atoms with van der Waals surface area (Å²) in [6, 6.07) is 0.748. The molecule has 0 aliphatic heterocycles. The number of sulfonamides is 1. The second-order valence-electron chi connectivity index (χ2n) is 5.17. The summed E-state index contributed by atoms with van der Waals surface area (Å²) in [5.41, 5.74) is 1.28. The van der Waals surface area contributed by atoms with E-state index < -0.39 is 22.0 Å². The van der Waals surface area contributed by atoms with E-state index in [1.165, 1.54) is 12.2 Å². The molecular formula is C14H16N4O4S2. The molecule has 2 N–H and O–H groups in total. The zero-order valence-electron chi connectivity index (χ0n) is 13.2. The highest BCUT2D eigenvalue weighted by molar-refractivity contribution is 7.94. The number of allylic oxidation sites excluding steroid dienone is 4. The molecule has 128 valence electrons. The Morgan fingerprint density at radius 3 is 2.46 bits per heavy atom. The Hall–Kier alpha value is -2.33. The van der Waals surface area contributed by atoms with Crippen LogP contribution in [0.5, 0.6) is 0 Å². The number of anilines is 1. The largest absolute Gasteiger partial charge is 0.335 e. The smallest absolute Gasteiger partial charge is 0.275 e. The standard InChI is InChI=1S/C14H16N4O4S2/c1-8-7-9(2)16-13(15-8)17-14(19)18-24(21,22)12-6-4-5-11(23-20)10(12)3/h4-7,10H,1-3H3,(H2,15,16,17,18,19). The Bertz CT molecular complexity index is 879. The maximum atomic E-state index is 12.4. The molecule has 8 nitrogen and oxygen atoms in total. The predicted octanol–water partition coefficient (Wildman–Crippen LogP) is 1.02. The van der Waals surface area contributed by atoms with Crippen molar-refractivity contribution in [2.24, 2.45) is 5.92 Å². The quantitative estimate of drug-likeness (QED) is 0.769. The SMILES string of the molecule is Cc1cc(C)nc(NC(=O)NS(=O)(=O)C2=CC=CC(=S=O)C2C)n1. The first-order valence-electron chi connectivity index (χ1n) is 6.94. The van der Waals surface area contributed by atoms with Crippen molar-refractivity contribution in [1.29, 1.82) is 0 Å². The van der Waals surface area contributed by atoms with E-state index in [1.807, 2.05) is 4.72 Å². The monoisotopic (exact) mass is 368 g/mol. The van der Waals surface area contributed by atoms with Crippen molar-refractivity contribution < 1.29 is 17.4 Å². The molecule has 1 unspecified atom stereocenters. The Labute approximate surface area is 143 Å². The van der Waals surface area contributed by atoms with Gasteiger partial charge in [0.2, 0.25) is 5.95 Å². The third-order valence-corrected chi connectivity index (χ3v) is 5.46. The molecule has 1 atom stereocenters. The van der Waals surface area contributed by atoms with Crippen molar-refractivity contribution in [3.8, 4) is 0 Å². The molecule has 1 heterocycles. The number of carbonyl (C=O) groups is 1. The fraction of sp³-hybridized carbons (Fsp3) is 0.286. The van der Waals surface area contributed by atoms with Gasteiger partial charge in [0.05, 0.1) is 21.0 Å². The lowest BCUT2D eigenvalue weighted by atomic mass is 10.0. The lowest BCUT2D eigenvalue weighted by molar-refractivity contribution is 0.256. The van der Waals surface area contributed by atoms with E-state index in [2.05, 4.69) is 15.3 Å². The summed E-state index contributed by atoms with van der Waals surface area (Å²) < 4.78 is 37.6. The van der Waals surface area contributed by atoms with Crippen molar-refractivity contribution in [2.45, 2.75) is 20.8 Å². The fourth-order valence-corrected chi connectivity index (χ4v) is 3.92.